The number of para-hydroxylation sites is 2. The van der Waals surface area contributed by atoms with E-state index in [0.29, 0.717) is 23.4 Å². The quantitative estimate of drug-likeness (QED) is 0.114. The molecule has 0 bridgehead atoms. The van der Waals surface area contributed by atoms with E-state index in [-0.39, 0.29) is 0 Å². The molecule has 0 saturated carbocycles. The molecule has 2 aromatic heterocycles. The normalized spacial score (nSPS) is 11.7. The van der Waals surface area contributed by atoms with Crippen molar-refractivity contribution in [2.75, 3.05) is 0 Å². The Morgan fingerprint density at radius 2 is 0.479 bits per heavy atom. The van der Waals surface area contributed by atoms with E-state index in [0.717, 1.165) is 44.5 Å². The number of aromatic nitrogens is 4. The maximum absolute atomic E-state index is 6.14. The van der Waals surface area contributed by atoms with Crippen LogP contribution in [0.15, 0.2) is 283 Å². The van der Waals surface area contributed by atoms with Gasteiger partial charge < -0.3 is 4.42 Å². The molecule has 0 aliphatic rings. The first-order valence-electron chi connectivity index (χ1n) is 24.0. The molecule has 0 saturated heterocycles. The third-order valence-corrected chi connectivity index (χ3v) is 13.7. The Morgan fingerprint density at radius 3 is 0.789 bits per heavy atom. The average molecular weight is 911 g/mol. The minimum absolute atomic E-state index is 0.557. The number of benzene rings is 10. The van der Waals surface area contributed by atoms with Gasteiger partial charge in [0.05, 0.1) is 10.8 Å². The van der Waals surface area contributed by atoms with Gasteiger partial charge in [0, 0.05) is 22.3 Å². The highest BCUT2D eigenvalue weighted by Crippen LogP contribution is 2.47. The highest BCUT2D eigenvalue weighted by Gasteiger charge is 2.39. The minimum Gasteiger partial charge on any atom is -0.436 e. The van der Waals surface area contributed by atoms with Gasteiger partial charge in [-0.15, -0.1) is 0 Å². The summed E-state index contributed by atoms with van der Waals surface area (Å²) < 4.78 is 6.14. The molecule has 0 amide bonds. The molecule has 0 N–H and O–H groups in total. The Kier molecular flexibility index (Phi) is 11.3. The fraction of sp³-hybridized carbons (Fsp3) is 0.0303. The summed E-state index contributed by atoms with van der Waals surface area (Å²) in [4.78, 5) is 20.5. The molecule has 336 valence electrons. The molecule has 12 aromatic rings. The topological polar surface area (TPSA) is 64.7 Å². The van der Waals surface area contributed by atoms with Crippen LogP contribution >= 0.6 is 0 Å². The van der Waals surface area contributed by atoms with Crippen molar-refractivity contribution in [3.63, 3.8) is 0 Å². The second-order valence-electron chi connectivity index (χ2n) is 17.7. The van der Waals surface area contributed by atoms with Crippen molar-refractivity contribution in [3.05, 3.63) is 324 Å². The molecule has 0 aliphatic carbocycles. The molecule has 5 nitrogen and oxygen atoms in total. The Hall–Kier alpha value is -9.32. The number of hydrogen-bond donors (Lipinski definition) is 0. The first kappa shape index (κ1) is 43.0. The summed E-state index contributed by atoms with van der Waals surface area (Å²) in [6.07, 6.45) is 0. The second kappa shape index (κ2) is 18.6. The fourth-order valence-corrected chi connectivity index (χ4v) is 10.4. The Bertz CT molecular complexity index is 3280. The van der Waals surface area contributed by atoms with E-state index < -0.39 is 10.8 Å². The zero-order valence-corrected chi connectivity index (χ0v) is 38.8. The van der Waals surface area contributed by atoms with Crippen LogP contribution in [-0.4, -0.2) is 19.9 Å². The lowest BCUT2D eigenvalue weighted by Crippen LogP contribution is -2.30. The summed E-state index contributed by atoms with van der Waals surface area (Å²) in [7, 11) is 0. The van der Waals surface area contributed by atoms with E-state index in [2.05, 4.69) is 231 Å². The van der Waals surface area contributed by atoms with Crippen molar-refractivity contribution in [3.8, 4) is 45.6 Å². The molecule has 0 radical (unpaired) electrons. The van der Waals surface area contributed by atoms with Gasteiger partial charge >= 0.3 is 0 Å². The van der Waals surface area contributed by atoms with Gasteiger partial charge in [0.25, 0.3) is 0 Å². The van der Waals surface area contributed by atoms with Crippen LogP contribution < -0.4 is 0 Å². The fourth-order valence-electron chi connectivity index (χ4n) is 10.4. The SMILES string of the molecule is c1ccc(C(c2ccccc2)(c2ccccc2)c2ccc(-c3nc(-c4ccc(-c5nc6ccccc6o5)cc4)nc(-c4ccc(C(c5ccccc5)(c5ccccc5)c5ccccc5)cc4)n3)cc2)cc1. The van der Waals surface area contributed by atoms with E-state index in [1.165, 1.54) is 33.4 Å². The third kappa shape index (κ3) is 7.80. The van der Waals surface area contributed by atoms with Crippen LogP contribution in [0.25, 0.3) is 56.7 Å². The van der Waals surface area contributed by atoms with E-state index in [1.807, 2.05) is 48.5 Å². The van der Waals surface area contributed by atoms with Crippen LogP contribution in [0.1, 0.15) is 44.5 Å². The first-order chi connectivity index (χ1) is 35.2. The third-order valence-electron chi connectivity index (χ3n) is 13.7. The van der Waals surface area contributed by atoms with Crippen LogP contribution in [0.5, 0.6) is 0 Å². The Labute approximate surface area is 413 Å². The highest BCUT2D eigenvalue weighted by atomic mass is 16.3. The highest BCUT2D eigenvalue weighted by molar-refractivity contribution is 5.77. The first-order valence-corrected chi connectivity index (χ1v) is 24.0. The summed E-state index contributed by atoms with van der Waals surface area (Å²) >= 11 is 0. The molecule has 5 heteroatoms. The summed E-state index contributed by atoms with van der Waals surface area (Å²) in [5, 5.41) is 0. The molecule has 0 aliphatic heterocycles. The second-order valence-corrected chi connectivity index (χ2v) is 17.7. The maximum atomic E-state index is 6.14. The molecule has 0 fully saturated rings. The Morgan fingerprint density at radius 1 is 0.225 bits per heavy atom. The van der Waals surface area contributed by atoms with Gasteiger partial charge in [-0.25, -0.2) is 19.9 Å². The zero-order chi connectivity index (χ0) is 47.5. The smallest absolute Gasteiger partial charge is 0.227 e. The van der Waals surface area contributed by atoms with Crippen LogP contribution in [0.4, 0.5) is 0 Å². The number of oxazole rings is 1. The largest absolute Gasteiger partial charge is 0.436 e. The summed E-state index contributed by atoms with van der Waals surface area (Å²) in [5.41, 5.74) is 13.1. The van der Waals surface area contributed by atoms with Crippen molar-refractivity contribution in [2.45, 2.75) is 10.8 Å². The zero-order valence-electron chi connectivity index (χ0n) is 38.8. The van der Waals surface area contributed by atoms with Crippen LogP contribution in [-0.2, 0) is 10.8 Å². The monoisotopic (exact) mass is 910 g/mol. The van der Waals surface area contributed by atoms with E-state index >= 15 is 0 Å². The lowest BCUT2D eigenvalue weighted by Gasteiger charge is -2.37. The summed E-state index contributed by atoms with van der Waals surface area (Å²) in [5.74, 6) is 2.26. The molecule has 71 heavy (non-hydrogen) atoms. The predicted octanol–water partition coefficient (Wildman–Crippen LogP) is 15.4. The molecule has 0 spiro atoms. The van der Waals surface area contributed by atoms with Crippen molar-refractivity contribution in [1.29, 1.82) is 0 Å². The minimum atomic E-state index is -0.593. The van der Waals surface area contributed by atoms with Crippen LogP contribution in [0.3, 0.4) is 0 Å². The van der Waals surface area contributed by atoms with Crippen molar-refractivity contribution < 1.29 is 4.42 Å². The number of fused-ring (bicyclic) bond motifs is 1. The van der Waals surface area contributed by atoms with Gasteiger partial charge in [-0.3, -0.25) is 0 Å². The molecule has 10 aromatic carbocycles. The van der Waals surface area contributed by atoms with E-state index in [1.54, 1.807) is 0 Å². The standard InChI is InChI=1S/C66H46N4O/c1-7-21-51(22-8-1)65(52-23-9-2-10-24-52,53-25-11-3-12-26-53)57-43-39-48(40-44-57)62-68-61(47-35-37-50(38-36-47)64-67-59-33-19-20-34-60(59)71-64)69-63(70-62)49-41-45-58(46-42-49)66(54-27-13-4-14-28-54,55-29-15-5-16-30-55)56-31-17-6-18-32-56/h1-46H. The van der Waals surface area contributed by atoms with E-state index in [4.69, 9.17) is 24.4 Å². The van der Waals surface area contributed by atoms with Gasteiger partial charge in [0.15, 0.2) is 23.1 Å². The molecule has 0 atom stereocenters. The summed E-state index contributed by atoms with van der Waals surface area (Å²) in [6, 6.07) is 98.0. The van der Waals surface area contributed by atoms with Crippen LogP contribution in [0, 0.1) is 0 Å². The molecular formula is C66H46N4O. The predicted molar refractivity (Wildman–Crippen MR) is 286 cm³/mol. The average Bonchev–Trinajstić information content (AvgIpc) is 3.90. The molecular weight excluding hydrogens is 865 g/mol. The van der Waals surface area contributed by atoms with Gasteiger partial charge in [0.1, 0.15) is 5.52 Å². The van der Waals surface area contributed by atoms with Gasteiger partial charge in [-0.2, -0.15) is 0 Å². The van der Waals surface area contributed by atoms with Crippen molar-refractivity contribution in [1.82, 2.24) is 19.9 Å². The number of nitrogens with zero attached hydrogens (tertiary/aromatic N) is 4. The molecule has 2 heterocycles. The van der Waals surface area contributed by atoms with Crippen molar-refractivity contribution >= 4 is 11.1 Å². The lowest BCUT2D eigenvalue weighted by atomic mass is 9.65. The van der Waals surface area contributed by atoms with Crippen LogP contribution in [0.2, 0.25) is 0 Å². The summed E-state index contributed by atoms with van der Waals surface area (Å²) in [6.45, 7) is 0. The van der Waals surface area contributed by atoms with Gasteiger partial charge in [0.2, 0.25) is 5.89 Å². The maximum Gasteiger partial charge on any atom is 0.227 e. The molecule has 12 rings (SSSR count). The number of hydrogen-bond acceptors (Lipinski definition) is 5. The van der Waals surface area contributed by atoms with Crippen molar-refractivity contribution in [2.24, 2.45) is 0 Å². The lowest BCUT2D eigenvalue weighted by molar-refractivity contribution is 0.620. The van der Waals surface area contributed by atoms with Gasteiger partial charge in [-0.1, -0.05) is 255 Å². The van der Waals surface area contributed by atoms with E-state index in [9.17, 15) is 0 Å². The Balaban J connectivity index is 1.00. The molecule has 0 unspecified atom stereocenters. The van der Waals surface area contributed by atoms with Gasteiger partial charge in [-0.05, 0) is 68.8 Å². The number of rotatable bonds is 12.